The van der Waals surface area contributed by atoms with Gasteiger partial charge in [-0.3, -0.25) is 9.59 Å². The molecule has 0 fully saturated rings. The average Bonchev–Trinajstić information content (AvgIpc) is 3.19. The molecular weight excluding hydrogens is 388 g/mol. The molecular formula is C18H13ClN4O3S. The molecule has 0 unspecified atom stereocenters. The summed E-state index contributed by atoms with van der Waals surface area (Å²) in [5.74, 6) is -0.792. The summed E-state index contributed by atoms with van der Waals surface area (Å²) in [4.78, 5) is 41.4. The third-order valence-corrected chi connectivity index (χ3v) is 5.62. The number of hydrogen-bond acceptors (Lipinski definition) is 4. The molecule has 0 saturated carbocycles. The topological polar surface area (TPSA) is 107 Å². The molecule has 9 heteroatoms. The van der Waals surface area contributed by atoms with Crippen molar-refractivity contribution in [3.63, 3.8) is 0 Å². The second-order valence-electron chi connectivity index (χ2n) is 5.81. The molecule has 4 N–H and O–H groups in total. The summed E-state index contributed by atoms with van der Waals surface area (Å²) >= 11 is 7.55. The van der Waals surface area contributed by atoms with E-state index in [0.717, 1.165) is 10.1 Å². The van der Waals surface area contributed by atoms with Crippen molar-refractivity contribution in [3.8, 4) is 0 Å². The molecule has 0 aliphatic heterocycles. The first kappa shape index (κ1) is 17.3. The lowest BCUT2D eigenvalue weighted by Crippen LogP contribution is -2.32. The minimum atomic E-state index is -0.401. The fraction of sp³-hybridized carbons (Fsp3) is 0.0556. The molecule has 2 aromatic heterocycles. The summed E-state index contributed by atoms with van der Waals surface area (Å²) in [5, 5.41) is 6.44. The van der Waals surface area contributed by atoms with Gasteiger partial charge in [0.05, 0.1) is 22.6 Å². The van der Waals surface area contributed by atoms with Crippen molar-refractivity contribution in [1.29, 1.82) is 0 Å². The van der Waals surface area contributed by atoms with Gasteiger partial charge in [-0.1, -0.05) is 29.8 Å². The lowest BCUT2D eigenvalue weighted by molar-refractivity contribution is -0.115. The number of aromatic amines is 2. The van der Waals surface area contributed by atoms with E-state index < -0.39 is 11.8 Å². The number of carbonyl (C=O) groups is 2. The summed E-state index contributed by atoms with van der Waals surface area (Å²) in [7, 11) is 0. The Kier molecular flexibility index (Phi) is 4.43. The zero-order chi connectivity index (χ0) is 19.0. The van der Waals surface area contributed by atoms with E-state index in [1.165, 1.54) is 11.3 Å². The zero-order valence-corrected chi connectivity index (χ0v) is 15.3. The van der Waals surface area contributed by atoms with Crippen molar-refractivity contribution in [2.45, 2.75) is 0 Å². The third-order valence-electron chi connectivity index (χ3n) is 3.95. The van der Waals surface area contributed by atoms with Crippen LogP contribution in [0.25, 0.3) is 21.1 Å². The number of rotatable bonds is 4. The summed E-state index contributed by atoms with van der Waals surface area (Å²) in [5.41, 5.74) is 1.42. The van der Waals surface area contributed by atoms with E-state index in [-0.39, 0.29) is 12.2 Å². The minimum Gasteiger partial charge on any atom is -0.342 e. The van der Waals surface area contributed by atoms with E-state index >= 15 is 0 Å². The highest BCUT2D eigenvalue weighted by molar-refractivity contribution is 7.21. The Labute approximate surface area is 161 Å². The van der Waals surface area contributed by atoms with Crippen LogP contribution in [0.5, 0.6) is 0 Å². The van der Waals surface area contributed by atoms with Crippen molar-refractivity contribution in [3.05, 3.63) is 62.8 Å². The standard InChI is InChI=1S/C18H13ClN4O3S/c19-15-10-3-1-2-4-13(10)27-16(15)17(25)20-8-14(24)21-9-5-6-11-12(7-9)23-18(26)22-11/h1-7H,8H2,(H,20,25)(H,21,24)(H2,22,23,26). The Morgan fingerprint density at radius 1 is 1.07 bits per heavy atom. The van der Waals surface area contributed by atoms with Gasteiger partial charge in [-0.05, 0) is 24.3 Å². The van der Waals surface area contributed by atoms with Gasteiger partial charge < -0.3 is 20.6 Å². The third kappa shape index (κ3) is 3.44. The van der Waals surface area contributed by atoms with Crippen molar-refractivity contribution in [1.82, 2.24) is 15.3 Å². The van der Waals surface area contributed by atoms with Crippen molar-refractivity contribution in [2.75, 3.05) is 11.9 Å². The number of amides is 2. The van der Waals surface area contributed by atoms with Gasteiger partial charge in [0.25, 0.3) is 5.91 Å². The number of aromatic nitrogens is 2. The second-order valence-corrected chi connectivity index (χ2v) is 7.24. The van der Waals surface area contributed by atoms with Gasteiger partial charge in [0.2, 0.25) is 5.91 Å². The Balaban J connectivity index is 1.42. The quantitative estimate of drug-likeness (QED) is 0.423. The van der Waals surface area contributed by atoms with Gasteiger partial charge >= 0.3 is 5.69 Å². The van der Waals surface area contributed by atoms with Crippen LogP contribution in [0.4, 0.5) is 5.69 Å². The van der Waals surface area contributed by atoms with Crippen LogP contribution in [-0.2, 0) is 4.79 Å². The number of nitrogens with one attached hydrogen (secondary N) is 4. The highest BCUT2D eigenvalue weighted by atomic mass is 35.5. The van der Waals surface area contributed by atoms with Gasteiger partial charge in [-0.25, -0.2) is 4.79 Å². The molecule has 7 nitrogen and oxygen atoms in total. The number of halogens is 1. The van der Waals surface area contributed by atoms with Crippen LogP contribution in [0.15, 0.2) is 47.3 Å². The van der Waals surface area contributed by atoms with E-state index in [4.69, 9.17) is 11.6 Å². The molecule has 0 bridgehead atoms. The maximum atomic E-state index is 12.4. The molecule has 4 rings (SSSR count). The maximum absolute atomic E-state index is 12.4. The molecule has 2 aromatic carbocycles. The Bertz CT molecular complexity index is 1240. The predicted molar refractivity (Wildman–Crippen MR) is 107 cm³/mol. The predicted octanol–water partition coefficient (Wildman–Crippen LogP) is 3.09. The van der Waals surface area contributed by atoms with E-state index in [1.54, 1.807) is 18.2 Å². The molecule has 2 heterocycles. The summed E-state index contributed by atoms with van der Waals surface area (Å²) in [6.07, 6.45) is 0. The number of fused-ring (bicyclic) bond motifs is 2. The van der Waals surface area contributed by atoms with E-state index in [1.807, 2.05) is 24.3 Å². The minimum absolute atomic E-state index is 0.203. The lowest BCUT2D eigenvalue weighted by Gasteiger charge is -2.06. The number of hydrogen-bond donors (Lipinski definition) is 4. The molecule has 0 atom stereocenters. The van der Waals surface area contributed by atoms with E-state index in [9.17, 15) is 14.4 Å². The van der Waals surface area contributed by atoms with Crippen LogP contribution >= 0.6 is 22.9 Å². The molecule has 0 aliphatic carbocycles. The molecule has 0 saturated heterocycles. The molecule has 0 radical (unpaired) electrons. The molecule has 4 aromatic rings. The number of anilines is 1. The van der Waals surface area contributed by atoms with Gasteiger partial charge in [0, 0.05) is 15.8 Å². The van der Waals surface area contributed by atoms with Crippen LogP contribution < -0.4 is 16.3 Å². The van der Waals surface area contributed by atoms with Crippen molar-refractivity contribution >= 4 is 61.6 Å². The van der Waals surface area contributed by atoms with Gasteiger partial charge in [-0.15, -0.1) is 11.3 Å². The molecule has 2 amide bonds. The molecule has 0 aliphatic rings. The summed E-state index contributed by atoms with van der Waals surface area (Å²) < 4.78 is 0.908. The first-order valence-corrected chi connectivity index (χ1v) is 9.18. The highest BCUT2D eigenvalue weighted by Crippen LogP contribution is 2.34. The fourth-order valence-corrected chi connectivity index (χ4v) is 4.15. The molecule has 27 heavy (non-hydrogen) atoms. The SMILES string of the molecule is O=C(CNC(=O)c1sc2ccccc2c1Cl)Nc1ccc2[nH]c(=O)[nH]c2c1. The normalized spacial score (nSPS) is 11.0. The second kappa shape index (κ2) is 6.90. The Morgan fingerprint density at radius 3 is 2.67 bits per heavy atom. The van der Waals surface area contributed by atoms with E-state index in [2.05, 4.69) is 20.6 Å². The lowest BCUT2D eigenvalue weighted by atomic mass is 10.2. The van der Waals surface area contributed by atoms with Crippen LogP contribution in [0.2, 0.25) is 5.02 Å². The smallest absolute Gasteiger partial charge is 0.323 e. The fourth-order valence-electron chi connectivity index (χ4n) is 2.72. The first-order chi connectivity index (χ1) is 13.0. The summed E-state index contributed by atoms with van der Waals surface area (Å²) in [6, 6.07) is 12.4. The van der Waals surface area contributed by atoms with Crippen LogP contribution in [0, 0.1) is 0 Å². The van der Waals surface area contributed by atoms with Gasteiger partial charge in [0.15, 0.2) is 0 Å². The number of benzene rings is 2. The van der Waals surface area contributed by atoms with Crippen LogP contribution in [0.3, 0.4) is 0 Å². The Morgan fingerprint density at radius 2 is 1.85 bits per heavy atom. The first-order valence-electron chi connectivity index (χ1n) is 7.98. The van der Waals surface area contributed by atoms with Crippen molar-refractivity contribution in [2.24, 2.45) is 0 Å². The van der Waals surface area contributed by atoms with Gasteiger partial charge in [0.1, 0.15) is 4.88 Å². The Hall–Kier alpha value is -3.10. The van der Waals surface area contributed by atoms with Crippen LogP contribution in [0.1, 0.15) is 9.67 Å². The van der Waals surface area contributed by atoms with Gasteiger partial charge in [-0.2, -0.15) is 0 Å². The van der Waals surface area contributed by atoms with E-state index in [0.29, 0.717) is 26.6 Å². The number of carbonyl (C=O) groups excluding carboxylic acids is 2. The number of imidazole rings is 1. The largest absolute Gasteiger partial charge is 0.342 e. The maximum Gasteiger partial charge on any atom is 0.323 e. The monoisotopic (exact) mass is 400 g/mol. The van der Waals surface area contributed by atoms with Crippen molar-refractivity contribution < 1.29 is 9.59 Å². The molecule has 136 valence electrons. The average molecular weight is 401 g/mol. The zero-order valence-electron chi connectivity index (χ0n) is 13.8. The number of thiophene rings is 1. The number of H-pyrrole nitrogens is 2. The molecule has 0 spiro atoms. The van der Waals surface area contributed by atoms with Crippen LogP contribution in [-0.4, -0.2) is 28.3 Å². The highest BCUT2D eigenvalue weighted by Gasteiger charge is 2.17. The summed E-state index contributed by atoms with van der Waals surface area (Å²) in [6.45, 7) is -0.203.